The van der Waals surface area contributed by atoms with Gasteiger partial charge in [-0.2, -0.15) is 0 Å². The minimum Gasteiger partial charge on any atom is -0.370 e. The van der Waals surface area contributed by atoms with Gasteiger partial charge in [0.1, 0.15) is 0 Å². The molecule has 3 nitrogen and oxygen atoms in total. The minimum absolute atomic E-state index is 0. The lowest BCUT2D eigenvalue weighted by molar-refractivity contribution is 0.326. The molecule has 3 N–H and O–H groups in total. The van der Waals surface area contributed by atoms with E-state index in [1.165, 1.54) is 19.3 Å². The average molecular weight is 351 g/mol. The predicted molar refractivity (Wildman–Crippen MR) is 83.7 cm³/mol. The molecule has 4 heteroatoms. The van der Waals surface area contributed by atoms with E-state index in [-0.39, 0.29) is 24.0 Å². The topological polar surface area (TPSA) is 50.4 Å². The second kappa shape index (κ2) is 4.94. The van der Waals surface area contributed by atoms with Crippen LogP contribution in [0.2, 0.25) is 0 Å². The summed E-state index contributed by atoms with van der Waals surface area (Å²) in [6.07, 6.45) is 4.03. The molecule has 100 valence electrons. The average Bonchev–Trinajstić information content (AvgIpc) is 2.45. The molecule has 0 radical (unpaired) electrons. The summed E-state index contributed by atoms with van der Waals surface area (Å²) in [5.74, 6) is 1.43. The maximum atomic E-state index is 5.92. The van der Waals surface area contributed by atoms with Crippen molar-refractivity contribution in [3.63, 3.8) is 0 Å². The molecule has 0 atom stereocenters. The summed E-state index contributed by atoms with van der Waals surface area (Å²) in [5, 5.41) is 3.37. The number of nitrogens with zero attached hydrogens (tertiary/aromatic N) is 1. The lowest BCUT2D eigenvalue weighted by Crippen LogP contribution is -2.37. The van der Waals surface area contributed by atoms with Gasteiger partial charge >= 0.3 is 0 Å². The van der Waals surface area contributed by atoms with Crippen LogP contribution >= 0.6 is 24.0 Å². The van der Waals surface area contributed by atoms with E-state index in [0.29, 0.717) is 22.8 Å². The highest BCUT2D eigenvalue weighted by Gasteiger charge is 2.65. The Bertz CT molecular complexity index is 292. The third-order valence-corrected chi connectivity index (χ3v) is 5.06. The third kappa shape index (κ3) is 2.71. The highest BCUT2D eigenvalue weighted by Crippen LogP contribution is 2.62. The maximum absolute atomic E-state index is 5.92. The number of hydrogen-bond acceptors (Lipinski definition) is 1. The predicted octanol–water partition coefficient (Wildman–Crippen LogP) is 2.74. The van der Waals surface area contributed by atoms with Gasteiger partial charge in [-0.3, -0.25) is 4.99 Å². The molecule has 0 spiro atoms. The van der Waals surface area contributed by atoms with Crippen LogP contribution in [0, 0.1) is 16.7 Å². The minimum atomic E-state index is 0. The fourth-order valence-corrected chi connectivity index (χ4v) is 2.65. The molecule has 0 aromatic carbocycles. The highest BCUT2D eigenvalue weighted by molar-refractivity contribution is 14.0. The molecule has 2 aliphatic carbocycles. The van der Waals surface area contributed by atoms with Crippen LogP contribution in [0.15, 0.2) is 4.99 Å². The molecule has 2 aliphatic rings. The molecular weight excluding hydrogens is 325 g/mol. The van der Waals surface area contributed by atoms with Crippen LogP contribution < -0.4 is 11.1 Å². The van der Waals surface area contributed by atoms with E-state index in [1.807, 2.05) is 0 Å². The first-order valence-electron chi connectivity index (χ1n) is 6.42. The van der Waals surface area contributed by atoms with Crippen LogP contribution in [-0.4, -0.2) is 18.5 Å². The Morgan fingerprint density at radius 3 is 2.12 bits per heavy atom. The molecule has 0 heterocycles. The SMILES string of the molecule is CC1(C)C(NC(N)=NCC2CCC2)C1(C)C.I. The second-order valence-corrected chi connectivity index (χ2v) is 6.54. The Morgan fingerprint density at radius 1 is 1.24 bits per heavy atom. The van der Waals surface area contributed by atoms with Crippen LogP contribution in [0.1, 0.15) is 47.0 Å². The van der Waals surface area contributed by atoms with Gasteiger partial charge in [0.2, 0.25) is 0 Å². The van der Waals surface area contributed by atoms with Gasteiger partial charge in [-0.1, -0.05) is 34.1 Å². The third-order valence-electron chi connectivity index (χ3n) is 5.06. The summed E-state index contributed by atoms with van der Waals surface area (Å²) in [6.45, 7) is 10.0. The number of guanidine groups is 1. The molecule has 0 unspecified atom stereocenters. The number of nitrogens with one attached hydrogen (secondary N) is 1. The van der Waals surface area contributed by atoms with E-state index in [2.05, 4.69) is 38.0 Å². The van der Waals surface area contributed by atoms with Gasteiger partial charge in [-0.25, -0.2) is 0 Å². The molecule has 2 rings (SSSR count). The lowest BCUT2D eigenvalue weighted by atomic mass is 9.86. The Balaban J connectivity index is 0.00000144. The van der Waals surface area contributed by atoms with E-state index >= 15 is 0 Å². The molecular formula is C13H26IN3. The van der Waals surface area contributed by atoms with E-state index in [0.717, 1.165) is 12.5 Å². The molecule has 0 amide bonds. The van der Waals surface area contributed by atoms with Crippen molar-refractivity contribution in [1.29, 1.82) is 0 Å². The van der Waals surface area contributed by atoms with Crippen LogP contribution in [0.25, 0.3) is 0 Å². The highest BCUT2D eigenvalue weighted by atomic mass is 127. The first-order valence-corrected chi connectivity index (χ1v) is 6.42. The molecule has 0 bridgehead atoms. The Labute approximate surface area is 122 Å². The Hall–Kier alpha value is 0. The fraction of sp³-hybridized carbons (Fsp3) is 0.923. The molecule has 0 aromatic heterocycles. The molecule has 17 heavy (non-hydrogen) atoms. The first kappa shape index (κ1) is 15.1. The fourth-order valence-electron chi connectivity index (χ4n) is 2.65. The van der Waals surface area contributed by atoms with Crippen molar-refractivity contribution in [1.82, 2.24) is 5.32 Å². The number of nitrogens with two attached hydrogens (primary N) is 1. The molecule has 0 saturated heterocycles. The van der Waals surface area contributed by atoms with Crippen molar-refractivity contribution in [3.8, 4) is 0 Å². The molecule has 0 aromatic rings. The van der Waals surface area contributed by atoms with Crippen molar-refractivity contribution >= 4 is 29.9 Å². The van der Waals surface area contributed by atoms with Crippen LogP contribution in [0.3, 0.4) is 0 Å². The monoisotopic (exact) mass is 351 g/mol. The van der Waals surface area contributed by atoms with Crippen molar-refractivity contribution < 1.29 is 0 Å². The zero-order chi connectivity index (χ0) is 12.0. The van der Waals surface area contributed by atoms with Crippen LogP contribution in [0.5, 0.6) is 0 Å². The lowest BCUT2D eigenvalue weighted by Gasteiger charge is -2.23. The van der Waals surface area contributed by atoms with Gasteiger partial charge < -0.3 is 11.1 Å². The van der Waals surface area contributed by atoms with E-state index in [4.69, 9.17) is 5.73 Å². The zero-order valence-corrected chi connectivity index (χ0v) is 13.7. The number of hydrogen-bond donors (Lipinski definition) is 2. The van der Waals surface area contributed by atoms with E-state index in [9.17, 15) is 0 Å². The summed E-state index contributed by atoms with van der Waals surface area (Å²) >= 11 is 0. The standard InChI is InChI=1S/C13H25N3.HI/c1-12(2)10(13(12,3)4)16-11(14)15-8-9-6-5-7-9;/h9-10H,5-8H2,1-4H3,(H3,14,15,16);1H. The first-order chi connectivity index (χ1) is 7.35. The summed E-state index contributed by atoms with van der Waals surface area (Å²) in [6, 6.07) is 0.463. The van der Waals surface area contributed by atoms with Crippen molar-refractivity contribution in [2.45, 2.75) is 53.0 Å². The quantitative estimate of drug-likeness (QED) is 0.467. The van der Waals surface area contributed by atoms with Gasteiger partial charge in [0, 0.05) is 12.6 Å². The number of rotatable bonds is 3. The summed E-state index contributed by atoms with van der Waals surface area (Å²) in [4.78, 5) is 4.44. The smallest absolute Gasteiger partial charge is 0.188 e. The van der Waals surface area contributed by atoms with Crippen molar-refractivity contribution in [2.24, 2.45) is 27.5 Å². The zero-order valence-electron chi connectivity index (χ0n) is 11.4. The van der Waals surface area contributed by atoms with Gasteiger partial charge in [-0.05, 0) is 29.6 Å². The Morgan fingerprint density at radius 2 is 1.76 bits per heavy atom. The number of aliphatic imine (C=N–C) groups is 1. The summed E-state index contributed by atoms with van der Waals surface area (Å²) in [5.41, 5.74) is 6.57. The Kier molecular flexibility index (Phi) is 4.37. The van der Waals surface area contributed by atoms with Crippen LogP contribution in [-0.2, 0) is 0 Å². The van der Waals surface area contributed by atoms with E-state index < -0.39 is 0 Å². The molecule has 2 saturated carbocycles. The van der Waals surface area contributed by atoms with E-state index in [1.54, 1.807) is 0 Å². The van der Waals surface area contributed by atoms with Crippen molar-refractivity contribution in [3.05, 3.63) is 0 Å². The van der Waals surface area contributed by atoms with Gasteiger partial charge in [0.05, 0.1) is 0 Å². The molecule has 0 aliphatic heterocycles. The van der Waals surface area contributed by atoms with Gasteiger partial charge in [0.15, 0.2) is 5.96 Å². The van der Waals surface area contributed by atoms with Crippen LogP contribution in [0.4, 0.5) is 0 Å². The maximum Gasteiger partial charge on any atom is 0.188 e. The summed E-state index contributed by atoms with van der Waals surface area (Å²) in [7, 11) is 0. The summed E-state index contributed by atoms with van der Waals surface area (Å²) < 4.78 is 0. The van der Waals surface area contributed by atoms with Gasteiger partial charge in [0.25, 0.3) is 0 Å². The van der Waals surface area contributed by atoms with Gasteiger partial charge in [-0.15, -0.1) is 24.0 Å². The number of halogens is 1. The molecule has 2 fully saturated rings. The second-order valence-electron chi connectivity index (χ2n) is 6.54. The normalized spacial score (nSPS) is 26.9. The largest absolute Gasteiger partial charge is 0.370 e. The van der Waals surface area contributed by atoms with Crippen molar-refractivity contribution in [2.75, 3.05) is 6.54 Å².